The maximum absolute atomic E-state index is 5.70. The van der Waals surface area contributed by atoms with Gasteiger partial charge in [0.15, 0.2) is 5.96 Å². The Hall–Kier alpha value is -1.74. The average Bonchev–Trinajstić information content (AvgIpc) is 3.39. The second-order valence-corrected chi connectivity index (χ2v) is 6.48. The molecule has 2 N–H and O–H groups in total. The van der Waals surface area contributed by atoms with Gasteiger partial charge in [-0.25, -0.2) is 4.99 Å². The molecule has 1 atom stereocenters. The summed E-state index contributed by atoms with van der Waals surface area (Å²) in [5.41, 5.74) is 1.07. The van der Waals surface area contributed by atoms with Gasteiger partial charge in [0, 0.05) is 31.7 Å². The molecule has 1 unspecified atom stereocenters. The number of hydrogen-bond acceptors (Lipinski definition) is 4. The summed E-state index contributed by atoms with van der Waals surface area (Å²) in [6.45, 7) is 5.55. The smallest absolute Gasteiger partial charge is 0.191 e. The second kappa shape index (κ2) is 12.7. The van der Waals surface area contributed by atoms with E-state index >= 15 is 0 Å². The third kappa shape index (κ3) is 7.35. The maximum Gasteiger partial charge on any atom is 0.191 e. The summed E-state index contributed by atoms with van der Waals surface area (Å²) < 4.78 is 16.8. The highest BCUT2D eigenvalue weighted by Gasteiger charge is 2.15. The summed E-state index contributed by atoms with van der Waals surface area (Å²) >= 11 is 0. The quantitative estimate of drug-likeness (QED) is 0.313. The number of aliphatic imine (C=N–C) groups is 1. The van der Waals surface area contributed by atoms with Crippen molar-refractivity contribution in [3.05, 3.63) is 54.0 Å². The fraction of sp³-hybridized carbons (Fsp3) is 0.476. The van der Waals surface area contributed by atoms with Crippen LogP contribution in [0, 0.1) is 0 Å². The molecule has 1 fully saturated rings. The van der Waals surface area contributed by atoms with Crippen LogP contribution in [0.3, 0.4) is 0 Å². The Morgan fingerprint density at radius 3 is 2.86 bits per heavy atom. The van der Waals surface area contributed by atoms with Crippen LogP contribution in [-0.2, 0) is 17.7 Å². The Morgan fingerprint density at radius 2 is 2.11 bits per heavy atom. The monoisotopic (exact) mass is 499 g/mol. The van der Waals surface area contributed by atoms with E-state index in [1.165, 1.54) is 0 Å². The van der Waals surface area contributed by atoms with Gasteiger partial charge in [-0.05, 0) is 38.0 Å². The maximum atomic E-state index is 5.70. The van der Waals surface area contributed by atoms with E-state index in [-0.39, 0.29) is 30.1 Å². The summed E-state index contributed by atoms with van der Waals surface area (Å²) in [5, 5.41) is 6.79. The summed E-state index contributed by atoms with van der Waals surface area (Å²) in [6.07, 6.45) is 5.00. The van der Waals surface area contributed by atoms with Gasteiger partial charge in [-0.2, -0.15) is 0 Å². The third-order valence-electron chi connectivity index (χ3n) is 4.45. The van der Waals surface area contributed by atoms with Crippen LogP contribution in [-0.4, -0.2) is 38.4 Å². The second-order valence-electron chi connectivity index (χ2n) is 6.48. The van der Waals surface area contributed by atoms with Gasteiger partial charge in [-0.3, -0.25) is 0 Å². The minimum Gasteiger partial charge on any atom is -0.494 e. The van der Waals surface area contributed by atoms with Crippen LogP contribution in [0.5, 0.6) is 5.75 Å². The van der Waals surface area contributed by atoms with E-state index in [2.05, 4.69) is 16.7 Å². The van der Waals surface area contributed by atoms with E-state index in [1.807, 2.05) is 37.3 Å². The molecule has 1 aliphatic heterocycles. The molecule has 1 saturated heterocycles. The number of rotatable bonds is 9. The first kappa shape index (κ1) is 22.5. The lowest BCUT2D eigenvalue weighted by molar-refractivity contribution is 0.114. The molecule has 2 aromatic rings. The van der Waals surface area contributed by atoms with E-state index in [0.717, 1.165) is 62.0 Å². The van der Waals surface area contributed by atoms with Gasteiger partial charge in [0.05, 0.1) is 25.5 Å². The van der Waals surface area contributed by atoms with Crippen molar-refractivity contribution < 1.29 is 13.9 Å². The molecule has 1 aromatic heterocycles. The van der Waals surface area contributed by atoms with Crippen molar-refractivity contribution in [3.8, 4) is 5.75 Å². The number of nitrogens with zero attached hydrogens (tertiary/aromatic N) is 1. The average molecular weight is 499 g/mol. The Morgan fingerprint density at radius 1 is 1.21 bits per heavy atom. The molecule has 28 heavy (non-hydrogen) atoms. The molecule has 0 aliphatic carbocycles. The Bertz CT molecular complexity index is 701. The first-order valence-electron chi connectivity index (χ1n) is 9.72. The van der Waals surface area contributed by atoms with Crippen molar-refractivity contribution in [1.82, 2.24) is 10.6 Å². The van der Waals surface area contributed by atoms with Crippen LogP contribution < -0.4 is 15.4 Å². The van der Waals surface area contributed by atoms with Gasteiger partial charge in [0.2, 0.25) is 0 Å². The number of nitrogens with one attached hydrogen (secondary N) is 2. The summed E-state index contributed by atoms with van der Waals surface area (Å²) in [4.78, 5) is 4.74. The summed E-state index contributed by atoms with van der Waals surface area (Å²) in [5.74, 6) is 2.63. The van der Waals surface area contributed by atoms with Crippen molar-refractivity contribution >= 4 is 29.9 Å². The molecule has 1 aromatic carbocycles. The molecule has 0 radical (unpaired) electrons. The standard InChI is InChI=1S/C21H29N3O3.HI/c1-2-25-20-10-4-3-7-17(20)15-23-21(24-16-19-9-6-14-27-19)22-12-11-18-8-5-13-26-18;/h3-5,7-8,10,13,19H,2,6,9,11-12,14-16H2,1H3,(H2,22,23,24);1H. The van der Waals surface area contributed by atoms with Crippen molar-refractivity contribution in [3.63, 3.8) is 0 Å². The van der Waals surface area contributed by atoms with Crippen LogP contribution in [0.4, 0.5) is 0 Å². The van der Waals surface area contributed by atoms with Crippen LogP contribution >= 0.6 is 24.0 Å². The number of ether oxygens (including phenoxy) is 2. The first-order chi connectivity index (χ1) is 13.3. The van der Waals surface area contributed by atoms with Gasteiger partial charge in [-0.1, -0.05) is 18.2 Å². The number of hydrogen-bond donors (Lipinski definition) is 2. The highest BCUT2D eigenvalue weighted by Crippen LogP contribution is 2.18. The predicted molar refractivity (Wildman–Crippen MR) is 122 cm³/mol. The van der Waals surface area contributed by atoms with Crippen molar-refractivity contribution in [2.45, 2.75) is 38.8 Å². The van der Waals surface area contributed by atoms with E-state index in [0.29, 0.717) is 13.2 Å². The molecule has 1 aliphatic rings. The van der Waals surface area contributed by atoms with E-state index in [1.54, 1.807) is 6.26 Å². The van der Waals surface area contributed by atoms with E-state index in [9.17, 15) is 0 Å². The van der Waals surface area contributed by atoms with Crippen LogP contribution in [0.25, 0.3) is 0 Å². The normalized spacial score (nSPS) is 16.5. The van der Waals surface area contributed by atoms with Crippen molar-refractivity contribution in [1.29, 1.82) is 0 Å². The molecule has 3 rings (SSSR count). The zero-order valence-electron chi connectivity index (χ0n) is 16.4. The Labute approximate surface area is 184 Å². The molecular weight excluding hydrogens is 469 g/mol. The minimum absolute atomic E-state index is 0. The van der Waals surface area contributed by atoms with E-state index in [4.69, 9.17) is 18.9 Å². The molecule has 6 nitrogen and oxygen atoms in total. The number of benzene rings is 1. The van der Waals surface area contributed by atoms with Crippen LogP contribution in [0.1, 0.15) is 31.1 Å². The largest absolute Gasteiger partial charge is 0.494 e. The predicted octanol–water partition coefficient (Wildman–Crippen LogP) is 3.75. The Balaban J connectivity index is 0.00000280. The topological polar surface area (TPSA) is 68.0 Å². The third-order valence-corrected chi connectivity index (χ3v) is 4.45. The number of para-hydroxylation sites is 1. The summed E-state index contributed by atoms with van der Waals surface area (Å²) in [6, 6.07) is 11.9. The number of furan rings is 1. The lowest BCUT2D eigenvalue weighted by Gasteiger charge is -2.16. The fourth-order valence-electron chi connectivity index (χ4n) is 3.04. The van der Waals surface area contributed by atoms with Crippen LogP contribution in [0.2, 0.25) is 0 Å². The summed E-state index contributed by atoms with van der Waals surface area (Å²) in [7, 11) is 0. The van der Waals surface area contributed by atoms with Gasteiger partial charge < -0.3 is 24.5 Å². The fourth-order valence-corrected chi connectivity index (χ4v) is 3.04. The molecular formula is C21H30IN3O3. The van der Waals surface area contributed by atoms with Crippen LogP contribution in [0.15, 0.2) is 52.1 Å². The highest BCUT2D eigenvalue weighted by atomic mass is 127. The van der Waals surface area contributed by atoms with Gasteiger partial charge in [0.1, 0.15) is 11.5 Å². The Kier molecular flexibility index (Phi) is 10.2. The zero-order valence-corrected chi connectivity index (χ0v) is 18.7. The van der Waals surface area contributed by atoms with Crippen molar-refractivity contribution in [2.24, 2.45) is 4.99 Å². The molecule has 7 heteroatoms. The molecule has 0 bridgehead atoms. The van der Waals surface area contributed by atoms with Gasteiger partial charge >= 0.3 is 0 Å². The SMILES string of the molecule is CCOc1ccccc1CN=C(NCCc1ccco1)NCC1CCCO1.I. The van der Waals surface area contributed by atoms with Gasteiger partial charge in [0.25, 0.3) is 0 Å². The molecule has 154 valence electrons. The lowest BCUT2D eigenvalue weighted by atomic mass is 10.2. The van der Waals surface area contributed by atoms with E-state index < -0.39 is 0 Å². The number of halogens is 1. The lowest BCUT2D eigenvalue weighted by Crippen LogP contribution is -2.41. The van der Waals surface area contributed by atoms with Gasteiger partial charge in [-0.15, -0.1) is 24.0 Å². The highest BCUT2D eigenvalue weighted by molar-refractivity contribution is 14.0. The van der Waals surface area contributed by atoms with Crippen molar-refractivity contribution in [2.75, 3.05) is 26.3 Å². The molecule has 2 heterocycles. The molecule has 0 amide bonds. The zero-order chi connectivity index (χ0) is 18.7. The molecule has 0 spiro atoms. The number of guanidine groups is 1. The molecule has 0 saturated carbocycles. The first-order valence-corrected chi connectivity index (χ1v) is 9.72. The minimum atomic E-state index is 0.